The van der Waals surface area contributed by atoms with Crippen LogP contribution in [0.15, 0.2) is 83.4 Å². The first-order valence-electron chi connectivity index (χ1n) is 11.6. The van der Waals surface area contributed by atoms with Gasteiger partial charge in [0.1, 0.15) is 5.69 Å². The summed E-state index contributed by atoms with van der Waals surface area (Å²) >= 11 is 0. The number of carbonyl (C=O) groups is 1. The molecule has 3 aromatic carbocycles. The van der Waals surface area contributed by atoms with Crippen LogP contribution in [0.25, 0.3) is 21.6 Å². The first kappa shape index (κ1) is 25.2. The van der Waals surface area contributed by atoms with Gasteiger partial charge in [-0.1, -0.05) is 24.3 Å². The van der Waals surface area contributed by atoms with E-state index in [1.54, 1.807) is 48.5 Å². The minimum Gasteiger partial charge on any atom is -0.505 e. The van der Waals surface area contributed by atoms with Crippen molar-refractivity contribution in [2.24, 2.45) is 10.2 Å². The number of amides is 1. The lowest BCUT2D eigenvalue weighted by atomic mass is 10.0. The molecule has 0 fully saturated rings. The van der Waals surface area contributed by atoms with Crippen molar-refractivity contribution >= 4 is 39.6 Å². The molecule has 12 heteroatoms. The number of aromatic hydroxyl groups is 1. The summed E-state index contributed by atoms with van der Waals surface area (Å²) in [5.74, 6) is -0.835. The Morgan fingerprint density at radius 3 is 2.41 bits per heavy atom. The van der Waals surface area contributed by atoms with Gasteiger partial charge < -0.3 is 20.6 Å². The van der Waals surface area contributed by atoms with Gasteiger partial charge in [0.15, 0.2) is 11.6 Å². The maximum Gasteiger partial charge on any atom is 0.259 e. The van der Waals surface area contributed by atoms with Gasteiger partial charge in [0.05, 0.1) is 31.5 Å². The Bertz CT molecular complexity index is 1740. The van der Waals surface area contributed by atoms with E-state index < -0.39 is 11.7 Å². The average molecular weight is 521 g/mol. The maximum absolute atomic E-state index is 13.2. The highest BCUT2D eigenvalue weighted by Gasteiger charge is 2.20. The van der Waals surface area contributed by atoms with Gasteiger partial charge in [0.25, 0.3) is 17.5 Å². The number of hydrogen-bond donors (Lipinski definition) is 4. The van der Waals surface area contributed by atoms with Gasteiger partial charge in [-0.2, -0.15) is 9.78 Å². The van der Waals surface area contributed by atoms with Gasteiger partial charge in [0.2, 0.25) is 0 Å². The second-order valence-electron chi connectivity index (χ2n) is 8.27. The van der Waals surface area contributed by atoms with Crippen molar-refractivity contribution in [3.63, 3.8) is 0 Å². The number of aromatic nitrogens is 4. The molecule has 0 saturated heterocycles. The molecule has 4 N–H and O–H groups in total. The number of benzene rings is 3. The van der Waals surface area contributed by atoms with Gasteiger partial charge in [-0.3, -0.25) is 4.79 Å². The third kappa shape index (κ3) is 5.03. The summed E-state index contributed by atoms with van der Waals surface area (Å²) in [6, 6.07) is 14.7. The predicted octanol–water partition coefficient (Wildman–Crippen LogP) is 4.72. The number of rotatable bonds is 7. The fourth-order valence-corrected chi connectivity index (χ4v) is 3.84. The van der Waals surface area contributed by atoms with Gasteiger partial charge in [0, 0.05) is 23.5 Å². The summed E-state index contributed by atoms with van der Waals surface area (Å²) in [6.07, 6.45) is 4.33. The number of phenolic OH excluding ortho intramolecular Hbond substituents is 1. The molecule has 39 heavy (non-hydrogen) atoms. The van der Waals surface area contributed by atoms with Crippen LogP contribution in [0.4, 0.5) is 22.9 Å². The molecule has 0 aliphatic carbocycles. The van der Waals surface area contributed by atoms with E-state index in [4.69, 9.17) is 6.57 Å². The monoisotopic (exact) mass is 520 g/mol. The Hall–Kier alpha value is -5.51. The fourth-order valence-electron chi connectivity index (χ4n) is 3.84. The Morgan fingerprint density at radius 2 is 1.72 bits per heavy atom. The summed E-state index contributed by atoms with van der Waals surface area (Å²) in [5, 5.41) is 46.3. The van der Waals surface area contributed by atoms with Gasteiger partial charge in [-0.25, -0.2) is 14.8 Å². The minimum absolute atomic E-state index is 0.0181. The Balaban J connectivity index is 1.61. The van der Waals surface area contributed by atoms with Crippen molar-refractivity contribution in [2.75, 3.05) is 5.32 Å². The van der Waals surface area contributed by atoms with Crippen LogP contribution in [0.5, 0.6) is 5.75 Å². The number of carbonyl (C=O) groups excluding carboxylic acids is 1. The van der Waals surface area contributed by atoms with Gasteiger partial charge in [-0.15, -0.1) is 10.2 Å². The molecule has 2 heterocycles. The van der Waals surface area contributed by atoms with E-state index in [9.17, 15) is 20.1 Å². The quantitative estimate of drug-likeness (QED) is 0.178. The second kappa shape index (κ2) is 10.9. The summed E-state index contributed by atoms with van der Waals surface area (Å²) in [6.45, 7) is 7.12. The van der Waals surface area contributed by atoms with Crippen LogP contribution in [0.1, 0.15) is 21.5 Å². The van der Waals surface area contributed by atoms with Crippen molar-refractivity contribution in [3.05, 3.63) is 101 Å². The maximum atomic E-state index is 13.2. The number of fused-ring (bicyclic) bond motifs is 1. The highest BCUT2D eigenvalue weighted by Crippen LogP contribution is 2.41. The van der Waals surface area contributed by atoms with Crippen molar-refractivity contribution in [1.82, 2.24) is 19.7 Å². The van der Waals surface area contributed by atoms with Crippen LogP contribution in [-0.4, -0.2) is 41.0 Å². The first-order chi connectivity index (χ1) is 19.0. The van der Waals surface area contributed by atoms with Crippen LogP contribution in [0, 0.1) is 6.57 Å². The number of anilines is 1. The highest BCUT2D eigenvalue weighted by atomic mass is 16.3. The number of azo groups is 1. The lowest BCUT2D eigenvalue weighted by molar-refractivity contribution is 0.102. The number of nitrogens with one attached hydrogen (secondary N) is 1. The molecule has 0 saturated carbocycles. The van der Waals surface area contributed by atoms with E-state index in [1.807, 2.05) is 0 Å². The molecule has 1 amide bonds. The van der Waals surface area contributed by atoms with Crippen molar-refractivity contribution in [2.45, 2.75) is 13.2 Å². The number of phenols is 1. The Labute approximate surface area is 221 Å². The molecule has 192 valence electrons. The lowest BCUT2D eigenvalue weighted by Gasteiger charge is -2.12. The molecule has 5 rings (SSSR count). The fraction of sp³-hybridized carbons (Fsp3) is 0.0741. The summed E-state index contributed by atoms with van der Waals surface area (Å²) in [4.78, 5) is 24.9. The Kier molecular flexibility index (Phi) is 7.00. The zero-order valence-electron chi connectivity index (χ0n) is 20.2. The highest BCUT2D eigenvalue weighted by molar-refractivity contribution is 6.11. The van der Waals surface area contributed by atoms with E-state index in [-0.39, 0.29) is 41.9 Å². The van der Waals surface area contributed by atoms with Gasteiger partial charge >= 0.3 is 0 Å². The number of aliphatic hydroxyl groups excluding tert-OH is 2. The molecule has 0 aliphatic heterocycles. The lowest BCUT2D eigenvalue weighted by Crippen LogP contribution is -2.12. The summed E-state index contributed by atoms with van der Waals surface area (Å²) in [5.41, 5.74) is 1.71. The first-order valence-corrected chi connectivity index (χ1v) is 11.6. The largest absolute Gasteiger partial charge is 0.505 e. The van der Waals surface area contributed by atoms with Crippen LogP contribution in [-0.2, 0) is 13.2 Å². The van der Waals surface area contributed by atoms with Crippen molar-refractivity contribution in [1.29, 1.82) is 0 Å². The molecule has 0 atom stereocenters. The average Bonchev–Trinajstić information content (AvgIpc) is 3.39. The smallest absolute Gasteiger partial charge is 0.259 e. The van der Waals surface area contributed by atoms with Crippen LogP contribution in [0.3, 0.4) is 0 Å². The summed E-state index contributed by atoms with van der Waals surface area (Å²) < 4.78 is 1.24. The number of hydrogen-bond acceptors (Lipinski definition) is 9. The predicted molar refractivity (Wildman–Crippen MR) is 141 cm³/mol. The molecule has 0 spiro atoms. The van der Waals surface area contributed by atoms with Gasteiger partial charge in [-0.05, 0) is 46.8 Å². The van der Waals surface area contributed by atoms with E-state index in [1.165, 1.54) is 29.3 Å². The van der Waals surface area contributed by atoms with Crippen molar-refractivity contribution in [3.8, 4) is 11.7 Å². The molecule has 5 aromatic rings. The molecule has 12 nitrogen and oxygen atoms in total. The van der Waals surface area contributed by atoms with E-state index in [0.29, 0.717) is 27.6 Å². The third-order valence-electron chi connectivity index (χ3n) is 5.80. The zero-order chi connectivity index (χ0) is 27.4. The number of aliphatic hydroxyl groups is 2. The molecular formula is C27H20N8O4. The Morgan fingerprint density at radius 1 is 1.00 bits per heavy atom. The van der Waals surface area contributed by atoms with Crippen LogP contribution >= 0.6 is 0 Å². The second-order valence-corrected chi connectivity index (χ2v) is 8.27. The standard InChI is InChI=1S/C27H20N8O4/c1-28-22-13-31-35(27-29-9-2-10-30-27)25(22)34-33-23-20-8-5-17(15-37)11-18(20)12-21(24(23)38)26(39)32-19-6-3-16(14-36)4-7-19/h2-13,36-38H,14-15H2,(H,32,39). The SMILES string of the molecule is [C-]#[N+]c1cnn(-c2ncccn2)c1N=Nc1c(O)c(C(=O)Nc2ccc(CO)cc2)cc2cc(CO)ccc12. The summed E-state index contributed by atoms with van der Waals surface area (Å²) in [7, 11) is 0. The van der Waals surface area contributed by atoms with Crippen LogP contribution < -0.4 is 5.32 Å². The van der Waals surface area contributed by atoms with Crippen molar-refractivity contribution < 1.29 is 20.1 Å². The minimum atomic E-state index is -0.610. The topological polar surface area (TPSA) is 162 Å². The zero-order valence-corrected chi connectivity index (χ0v) is 20.2. The molecule has 0 radical (unpaired) electrons. The molecule has 2 aromatic heterocycles. The van der Waals surface area contributed by atoms with E-state index >= 15 is 0 Å². The molecular weight excluding hydrogens is 500 g/mol. The van der Waals surface area contributed by atoms with E-state index in [0.717, 1.165) is 0 Å². The third-order valence-corrected chi connectivity index (χ3v) is 5.80. The van der Waals surface area contributed by atoms with E-state index in [2.05, 4.69) is 35.5 Å². The van der Waals surface area contributed by atoms with Crippen LogP contribution in [0.2, 0.25) is 0 Å². The normalized spacial score (nSPS) is 11.1. The molecule has 0 aliphatic rings. The number of nitrogens with zero attached hydrogens (tertiary/aromatic N) is 7. The molecule has 0 unspecified atom stereocenters. The molecule has 0 bridgehead atoms.